The van der Waals surface area contributed by atoms with E-state index in [1.807, 2.05) is 78.5 Å². The molecule has 0 spiro atoms. The fraction of sp³-hybridized carbons (Fsp3) is 0.136. The standard InChI is InChI=1S/C22H20N4OS/c1-14-19(15(2)27)21(24-22(28)23-14)18-13-26(17-11-7-4-8-12-17)25-20(18)16-9-5-3-6-10-16/h3-13,21H,1-2H3,(H2,23,24,28). The molecule has 1 aliphatic heterocycles. The molecule has 1 aromatic heterocycles. The van der Waals surface area contributed by atoms with Gasteiger partial charge in [-0.3, -0.25) is 4.79 Å². The van der Waals surface area contributed by atoms with Crippen LogP contribution in [0.1, 0.15) is 25.5 Å². The number of ketones is 1. The number of nitrogens with zero attached hydrogens (tertiary/aromatic N) is 2. The lowest BCUT2D eigenvalue weighted by molar-refractivity contribution is -0.114. The summed E-state index contributed by atoms with van der Waals surface area (Å²) in [4.78, 5) is 12.4. The van der Waals surface area contributed by atoms with Gasteiger partial charge >= 0.3 is 0 Å². The van der Waals surface area contributed by atoms with Crippen molar-refractivity contribution in [2.45, 2.75) is 19.9 Å². The summed E-state index contributed by atoms with van der Waals surface area (Å²) in [5.41, 5.74) is 5.10. The first kappa shape index (κ1) is 18.1. The van der Waals surface area contributed by atoms with Gasteiger partial charge in [0.2, 0.25) is 0 Å². The highest BCUT2D eigenvalue weighted by molar-refractivity contribution is 7.80. The zero-order chi connectivity index (χ0) is 19.7. The van der Waals surface area contributed by atoms with Crippen LogP contribution in [-0.4, -0.2) is 20.7 Å². The van der Waals surface area contributed by atoms with E-state index in [4.69, 9.17) is 17.3 Å². The van der Waals surface area contributed by atoms with Crippen LogP contribution in [-0.2, 0) is 4.79 Å². The van der Waals surface area contributed by atoms with Crippen molar-refractivity contribution >= 4 is 23.1 Å². The van der Waals surface area contributed by atoms with Gasteiger partial charge in [0, 0.05) is 28.6 Å². The van der Waals surface area contributed by atoms with Crippen molar-refractivity contribution in [3.63, 3.8) is 0 Å². The maximum absolute atomic E-state index is 12.4. The number of Topliss-reactive ketones (excluding diaryl/α,β-unsaturated/α-hetero) is 1. The van der Waals surface area contributed by atoms with Crippen LogP contribution in [0.3, 0.4) is 0 Å². The maximum atomic E-state index is 12.4. The number of carbonyl (C=O) groups is 1. The van der Waals surface area contributed by atoms with E-state index in [1.165, 1.54) is 0 Å². The number of hydrogen-bond acceptors (Lipinski definition) is 3. The Morgan fingerprint density at radius 1 is 1.07 bits per heavy atom. The fourth-order valence-electron chi connectivity index (χ4n) is 3.53. The Bertz CT molecular complexity index is 1070. The van der Waals surface area contributed by atoms with E-state index in [0.29, 0.717) is 10.7 Å². The summed E-state index contributed by atoms with van der Waals surface area (Å²) in [5, 5.41) is 11.7. The highest BCUT2D eigenvalue weighted by atomic mass is 32.1. The van der Waals surface area contributed by atoms with Crippen LogP contribution < -0.4 is 10.6 Å². The highest BCUT2D eigenvalue weighted by Gasteiger charge is 2.31. The number of benzene rings is 2. The molecule has 2 N–H and O–H groups in total. The molecule has 6 heteroatoms. The van der Waals surface area contributed by atoms with Crippen molar-refractivity contribution in [2.75, 3.05) is 0 Å². The average Bonchev–Trinajstić information content (AvgIpc) is 3.14. The van der Waals surface area contributed by atoms with Crippen LogP contribution in [0.2, 0.25) is 0 Å². The smallest absolute Gasteiger partial charge is 0.171 e. The molecule has 0 saturated carbocycles. The SMILES string of the molecule is CC(=O)C1=C(C)NC(=S)NC1c1cn(-c2ccccc2)nc1-c1ccccc1. The van der Waals surface area contributed by atoms with Gasteiger partial charge in [-0.25, -0.2) is 4.68 Å². The molecule has 1 unspecified atom stereocenters. The molecule has 2 aromatic carbocycles. The summed E-state index contributed by atoms with van der Waals surface area (Å²) in [6, 6.07) is 19.5. The molecular weight excluding hydrogens is 368 g/mol. The van der Waals surface area contributed by atoms with Crippen LogP contribution in [0.5, 0.6) is 0 Å². The number of allylic oxidation sites excluding steroid dienone is 1. The fourth-order valence-corrected chi connectivity index (χ4v) is 3.80. The summed E-state index contributed by atoms with van der Waals surface area (Å²) in [6.45, 7) is 3.45. The van der Waals surface area contributed by atoms with Crippen molar-refractivity contribution in [2.24, 2.45) is 0 Å². The minimum Gasteiger partial charge on any atom is -0.351 e. The van der Waals surface area contributed by atoms with Crippen molar-refractivity contribution in [3.8, 4) is 16.9 Å². The third kappa shape index (κ3) is 3.34. The van der Waals surface area contributed by atoms with Crippen LogP contribution in [0.25, 0.3) is 16.9 Å². The monoisotopic (exact) mass is 388 g/mol. The van der Waals surface area contributed by atoms with Gasteiger partial charge in [0.1, 0.15) is 0 Å². The van der Waals surface area contributed by atoms with E-state index < -0.39 is 0 Å². The molecule has 1 atom stereocenters. The van der Waals surface area contributed by atoms with Gasteiger partial charge in [-0.1, -0.05) is 48.5 Å². The van der Waals surface area contributed by atoms with Crippen molar-refractivity contribution in [3.05, 3.63) is 83.7 Å². The molecule has 0 amide bonds. The molecule has 0 fully saturated rings. The molecule has 0 radical (unpaired) electrons. The van der Waals surface area contributed by atoms with Gasteiger partial charge in [-0.05, 0) is 38.2 Å². The van der Waals surface area contributed by atoms with Gasteiger partial charge in [0.15, 0.2) is 10.9 Å². The predicted molar refractivity (Wildman–Crippen MR) is 114 cm³/mol. The number of para-hydroxylation sites is 1. The van der Waals surface area contributed by atoms with Gasteiger partial charge in [0.25, 0.3) is 0 Å². The second kappa shape index (κ2) is 7.40. The average molecular weight is 388 g/mol. The van der Waals surface area contributed by atoms with Crippen LogP contribution >= 0.6 is 12.2 Å². The number of rotatable bonds is 4. The molecule has 28 heavy (non-hydrogen) atoms. The van der Waals surface area contributed by atoms with Crippen LogP contribution in [0.15, 0.2) is 78.1 Å². The summed E-state index contributed by atoms with van der Waals surface area (Å²) in [5.74, 6) is -0.00327. The highest BCUT2D eigenvalue weighted by Crippen LogP contribution is 2.34. The Morgan fingerprint density at radius 2 is 1.71 bits per heavy atom. The summed E-state index contributed by atoms with van der Waals surface area (Å²) >= 11 is 5.36. The third-order valence-electron chi connectivity index (χ3n) is 4.77. The lowest BCUT2D eigenvalue weighted by Crippen LogP contribution is -2.44. The minimum absolute atomic E-state index is 0.00327. The molecule has 3 aromatic rings. The first-order chi connectivity index (χ1) is 13.5. The zero-order valence-corrected chi connectivity index (χ0v) is 16.5. The maximum Gasteiger partial charge on any atom is 0.171 e. The number of nitrogens with one attached hydrogen (secondary N) is 2. The lowest BCUT2D eigenvalue weighted by Gasteiger charge is -2.29. The van der Waals surface area contributed by atoms with Gasteiger partial charge < -0.3 is 10.6 Å². The second-order valence-corrected chi connectivity index (χ2v) is 7.11. The summed E-state index contributed by atoms with van der Waals surface area (Å²) in [7, 11) is 0. The first-order valence-corrected chi connectivity index (χ1v) is 9.45. The second-order valence-electron chi connectivity index (χ2n) is 6.71. The number of thiocarbonyl (C=S) groups is 1. The zero-order valence-electron chi connectivity index (χ0n) is 15.6. The molecule has 0 saturated heterocycles. The number of hydrogen-bond donors (Lipinski definition) is 2. The Morgan fingerprint density at radius 3 is 2.36 bits per heavy atom. The van der Waals surface area contributed by atoms with E-state index in [0.717, 1.165) is 28.2 Å². The van der Waals surface area contributed by atoms with E-state index in [9.17, 15) is 4.79 Å². The van der Waals surface area contributed by atoms with Crippen molar-refractivity contribution < 1.29 is 4.79 Å². The minimum atomic E-state index is -0.362. The van der Waals surface area contributed by atoms with E-state index >= 15 is 0 Å². The molecule has 140 valence electrons. The lowest BCUT2D eigenvalue weighted by atomic mass is 9.92. The molecular formula is C22H20N4OS. The first-order valence-electron chi connectivity index (χ1n) is 9.04. The Hall–Kier alpha value is -3.25. The third-order valence-corrected chi connectivity index (χ3v) is 4.99. The summed E-state index contributed by atoms with van der Waals surface area (Å²) < 4.78 is 1.84. The van der Waals surface area contributed by atoms with Gasteiger partial charge in [-0.15, -0.1) is 0 Å². The molecule has 2 heterocycles. The Labute approximate surface area is 169 Å². The quantitative estimate of drug-likeness (QED) is 0.664. The Kier molecular flexibility index (Phi) is 4.79. The topological polar surface area (TPSA) is 59.0 Å². The van der Waals surface area contributed by atoms with E-state index in [1.54, 1.807) is 6.92 Å². The number of aromatic nitrogens is 2. The van der Waals surface area contributed by atoms with Crippen molar-refractivity contribution in [1.82, 2.24) is 20.4 Å². The van der Waals surface area contributed by atoms with E-state index in [2.05, 4.69) is 10.6 Å². The largest absolute Gasteiger partial charge is 0.351 e. The molecule has 1 aliphatic rings. The van der Waals surface area contributed by atoms with Crippen LogP contribution in [0.4, 0.5) is 0 Å². The summed E-state index contributed by atoms with van der Waals surface area (Å²) in [6.07, 6.45) is 1.97. The molecule has 5 nitrogen and oxygen atoms in total. The predicted octanol–water partition coefficient (Wildman–Crippen LogP) is 3.92. The number of carbonyl (C=O) groups excluding carboxylic acids is 1. The normalized spacial score (nSPS) is 16.5. The van der Waals surface area contributed by atoms with Gasteiger partial charge in [0.05, 0.1) is 17.4 Å². The Balaban J connectivity index is 1.92. The molecule has 0 aliphatic carbocycles. The molecule has 4 rings (SSSR count). The van der Waals surface area contributed by atoms with Gasteiger partial charge in [-0.2, -0.15) is 5.10 Å². The van der Waals surface area contributed by atoms with E-state index in [-0.39, 0.29) is 11.8 Å². The van der Waals surface area contributed by atoms with Crippen molar-refractivity contribution in [1.29, 1.82) is 0 Å². The van der Waals surface area contributed by atoms with Crippen LogP contribution in [0, 0.1) is 0 Å². The molecule has 0 bridgehead atoms.